The number of carbonyl (C=O) groups is 1. The van der Waals surface area contributed by atoms with Crippen LogP contribution in [0, 0.1) is 5.92 Å². The van der Waals surface area contributed by atoms with Gasteiger partial charge >= 0.3 is 0 Å². The number of amides is 1. The molecule has 0 aliphatic carbocycles. The monoisotopic (exact) mass is 546 g/mol. The molecule has 2 aliphatic rings. The number of carbonyl (C=O) groups excluding carboxylic acids is 1. The fraction of sp³-hybridized carbons (Fsp3) is 0.552. The average molecular weight is 547 g/mol. The Morgan fingerprint density at radius 1 is 1.02 bits per heavy atom. The number of aliphatic hydroxyl groups is 1. The molecule has 2 fully saturated rings. The van der Waals surface area contributed by atoms with Crippen molar-refractivity contribution in [2.24, 2.45) is 13.0 Å². The lowest BCUT2D eigenvalue weighted by molar-refractivity contribution is -0.149. The van der Waals surface area contributed by atoms with Gasteiger partial charge in [-0.25, -0.2) is 9.97 Å². The molecule has 11 nitrogen and oxygen atoms in total. The Kier molecular flexibility index (Phi) is 6.95. The average Bonchev–Trinajstić information content (AvgIpc) is 3.49. The predicted molar refractivity (Wildman–Crippen MR) is 153 cm³/mol. The van der Waals surface area contributed by atoms with E-state index in [0.717, 1.165) is 78.4 Å². The molecular weight excluding hydrogens is 508 g/mol. The number of piperidine rings is 1. The van der Waals surface area contributed by atoms with E-state index in [4.69, 9.17) is 24.7 Å². The van der Waals surface area contributed by atoms with E-state index in [9.17, 15) is 9.90 Å². The number of benzene rings is 1. The van der Waals surface area contributed by atoms with Gasteiger partial charge in [0.25, 0.3) is 5.91 Å². The number of rotatable bonds is 6. The van der Waals surface area contributed by atoms with Gasteiger partial charge < -0.3 is 24.2 Å². The minimum absolute atomic E-state index is 0.204. The van der Waals surface area contributed by atoms with Crippen molar-refractivity contribution in [3.63, 3.8) is 0 Å². The van der Waals surface area contributed by atoms with Gasteiger partial charge in [-0.1, -0.05) is 19.1 Å². The predicted octanol–water partition coefficient (Wildman–Crippen LogP) is 2.65. The molecule has 2 saturated heterocycles. The van der Waals surface area contributed by atoms with Crippen molar-refractivity contribution in [2.75, 3.05) is 44.3 Å². The van der Waals surface area contributed by atoms with Crippen LogP contribution in [0.4, 0.5) is 5.82 Å². The van der Waals surface area contributed by atoms with Gasteiger partial charge in [-0.15, -0.1) is 0 Å². The van der Waals surface area contributed by atoms with E-state index in [1.165, 1.54) is 0 Å². The van der Waals surface area contributed by atoms with Crippen molar-refractivity contribution in [3.05, 3.63) is 35.9 Å². The normalized spacial score (nSPS) is 17.3. The Morgan fingerprint density at radius 2 is 1.75 bits per heavy atom. The van der Waals surface area contributed by atoms with Crippen molar-refractivity contribution in [3.8, 4) is 5.95 Å². The Bertz CT molecular complexity index is 1540. The zero-order chi connectivity index (χ0) is 28.0. The van der Waals surface area contributed by atoms with Crippen molar-refractivity contribution < 1.29 is 14.6 Å². The fourth-order valence-electron chi connectivity index (χ4n) is 5.88. The molecule has 1 N–H and O–H groups in total. The number of anilines is 1. The van der Waals surface area contributed by atoms with Crippen LogP contribution < -0.4 is 4.90 Å². The van der Waals surface area contributed by atoms with E-state index in [0.29, 0.717) is 38.2 Å². The summed E-state index contributed by atoms with van der Waals surface area (Å²) < 4.78 is 9.81. The first-order valence-corrected chi connectivity index (χ1v) is 14.3. The van der Waals surface area contributed by atoms with Crippen LogP contribution in [-0.2, 0) is 29.4 Å². The molecule has 2 aliphatic heterocycles. The Hall–Kier alpha value is -3.57. The topological polar surface area (TPSA) is 114 Å². The first-order valence-electron chi connectivity index (χ1n) is 14.3. The van der Waals surface area contributed by atoms with Crippen LogP contribution in [0.1, 0.15) is 45.3 Å². The number of aryl methyl sites for hydroxylation is 2. The first kappa shape index (κ1) is 26.6. The molecule has 40 heavy (non-hydrogen) atoms. The van der Waals surface area contributed by atoms with Crippen LogP contribution in [0.5, 0.6) is 0 Å². The molecule has 0 bridgehead atoms. The number of morpholine rings is 1. The van der Waals surface area contributed by atoms with E-state index in [2.05, 4.69) is 27.0 Å². The van der Waals surface area contributed by atoms with Gasteiger partial charge in [0.1, 0.15) is 17.2 Å². The van der Waals surface area contributed by atoms with E-state index in [1.807, 2.05) is 25.2 Å². The Balaban J connectivity index is 1.37. The molecule has 4 aromatic rings. The number of fused-ring (bicyclic) bond motifs is 2. The number of hydrogen-bond acceptors (Lipinski definition) is 8. The summed E-state index contributed by atoms with van der Waals surface area (Å²) in [5, 5.41) is 10.1. The summed E-state index contributed by atoms with van der Waals surface area (Å²) in [4.78, 5) is 36.7. The van der Waals surface area contributed by atoms with Crippen molar-refractivity contribution in [1.29, 1.82) is 0 Å². The van der Waals surface area contributed by atoms with Crippen LogP contribution >= 0.6 is 0 Å². The summed E-state index contributed by atoms with van der Waals surface area (Å²) >= 11 is 0. The van der Waals surface area contributed by atoms with Crippen LogP contribution in [0.2, 0.25) is 0 Å². The lowest BCUT2D eigenvalue weighted by Gasteiger charge is -2.35. The number of para-hydroxylation sites is 2. The quantitative estimate of drug-likeness (QED) is 0.393. The second kappa shape index (κ2) is 10.4. The van der Waals surface area contributed by atoms with Gasteiger partial charge in [0, 0.05) is 46.1 Å². The molecule has 6 rings (SSSR count). The van der Waals surface area contributed by atoms with Gasteiger partial charge in [-0.3, -0.25) is 9.36 Å². The second-order valence-corrected chi connectivity index (χ2v) is 11.4. The summed E-state index contributed by atoms with van der Waals surface area (Å²) in [6.07, 6.45) is 3.30. The molecule has 3 aromatic heterocycles. The first-order chi connectivity index (χ1) is 19.2. The molecule has 212 valence electrons. The summed E-state index contributed by atoms with van der Waals surface area (Å²) in [6.45, 7) is 9.29. The van der Waals surface area contributed by atoms with Crippen molar-refractivity contribution >= 4 is 33.9 Å². The molecule has 11 heteroatoms. The summed E-state index contributed by atoms with van der Waals surface area (Å²) in [5.41, 5.74) is 2.18. The smallest absolute Gasteiger partial charge is 0.253 e. The third-order valence-corrected chi connectivity index (χ3v) is 8.13. The van der Waals surface area contributed by atoms with Gasteiger partial charge in [0.05, 0.1) is 24.2 Å². The number of nitrogens with zero attached hydrogens (tertiary/aromatic N) is 8. The Morgan fingerprint density at radius 3 is 2.45 bits per heavy atom. The second-order valence-electron chi connectivity index (χ2n) is 11.4. The van der Waals surface area contributed by atoms with E-state index in [-0.39, 0.29) is 5.91 Å². The third kappa shape index (κ3) is 4.81. The molecule has 0 saturated carbocycles. The number of likely N-dealkylation sites (tertiary alicyclic amines) is 1. The maximum Gasteiger partial charge on any atom is 0.253 e. The summed E-state index contributed by atoms with van der Waals surface area (Å²) in [5.74, 6) is 3.51. The molecule has 1 aromatic carbocycles. The van der Waals surface area contributed by atoms with Gasteiger partial charge in [-0.05, 0) is 44.7 Å². The molecular formula is C29H38N8O3. The lowest BCUT2D eigenvalue weighted by Crippen LogP contribution is -2.48. The number of hydrogen-bond donors (Lipinski definition) is 1. The molecule has 0 radical (unpaired) electrons. The summed E-state index contributed by atoms with van der Waals surface area (Å²) in [7, 11) is 2.03. The van der Waals surface area contributed by atoms with E-state index < -0.39 is 5.60 Å². The highest BCUT2D eigenvalue weighted by Gasteiger charge is 2.33. The molecule has 1 amide bonds. The number of aromatic nitrogens is 6. The van der Waals surface area contributed by atoms with Gasteiger partial charge in [0.2, 0.25) is 5.95 Å². The van der Waals surface area contributed by atoms with Gasteiger partial charge in [-0.2, -0.15) is 9.97 Å². The Labute approximate surface area is 233 Å². The van der Waals surface area contributed by atoms with Crippen LogP contribution in [0.25, 0.3) is 28.1 Å². The van der Waals surface area contributed by atoms with Crippen molar-refractivity contribution in [2.45, 2.75) is 52.1 Å². The fourth-order valence-corrected chi connectivity index (χ4v) is 5.88. The van der Waals surface area contributed by atoms with E-state index >= 15 is 0 Å². The standard InChI is InChI=1S/C29H38N8O3/c1-5-22-30-20-8-6-7-9-21(20)37(22)28-32-25-24(26(33-28)35-14-16-40-17-15-35)31-23(34(25)4)18-19-10-12-36(13-11-19)27(38)29(2,3)39/h6-9,19,39H,5,10-18H2,1-4H3. The molecule has 5 heterocycles. The molecule has 0 atom stereocenters. The maximum atomic E-state index is 12.5. The minimum Gasteiger partial charge on any atom is -0.381 e. The van der Waals surface area contributed by atoms with Crippen LogP contribution in [0.15, 0.2) is 24.3 Å². The van der Waals surface area contributed by atoms with Gasteiger partial charge in [0.15, 0.2) is 17.0 Å². The highest BCUT2D eigenvalue weighted by molar-refractivity contribution is 5.86. The molecule has 0 spiro atoms. The lowest BCUT2D eigenvalue weighted by atomic mass is 9.92. The van der Waals surface area contributed by atoms with Crippen LogP contribution in [0.3, 0.4) is 0 Å². The SMILES string of the molecule is CCc1nc2ccccc2n1-c1nc(N2CCOCC2)c2nc(CC3CCN(C(=O)C(C)(C)O)CC3)n(C)c2n1. The number of imidazole rings is 2. The highest BCUT2D eigenvalue weighted by Crippen LogP contribution is 2.30. The third-order valence-electron chi connectivity index (χ3n) is 8.13. The largest absolute Gasteiger partial charge is 0.381 e. The van der Waals surface area contributed by atoms with E-state index in [1.54, 1.807) is 18.7 Å². The number of ether oxygens (including phenoxy) is 1. The molecule has 0 unspecified atom stereocenters. The summed E-state index contributed by atoms with van der Waals surface area (Å²) in [6, 6.07) is 8.10. The van der Waals surface area contributed by atoms with Crippen LogP contribution in [-0.4, -0.2) is 90.0 Å². The minimum atomic E-state index is -1.34. The zero-order valence-corrected chi connectivity index (χ0v) is 23.8. The maximum absolute atomic E-state index is 12.5. The highest BCUT2D eigenvalue weighted by atomic mass is 16.5. The van der Waals surface area contributed by atoms with Crippen molar-refractivity contribution in [1.82, 2.24) is 34.0 Å². The zero-order valence-electron chi connectivity index (χ0n) is 23.8.